The number of rotatable bonds is 6. The molecule has 0 atom stereocenters. The molecule has 5 rings (SSSR count). The molecule has 0 unspecified atom stereocenters. The van der Waals surface area contributed by atoms with Crippen LogP contribution in [-0.4, -0.2) is 33.5 Å². The van der Waals surface area contributed by atoms with E-state index in [-0.39, 0.29) is 17.4 Å². The first-order valence-corrected chi connectivity index (χ1v) is 12.2. The summed E-state index contributed by atoms with van der Waals surface area (Å²) in [6, 6.07) is 21.5. The molecule has 7 heteroatoms. The van der Waals surface area contributed by atoms with Gasteiger partial charge >= 0.3 is 0 Å². The summed E-state index contributed by atoms with van der Waals surface area (Å²) in [6.45, 7) is 3.72. The van der Waals surface area contributed by atoms with E-state index in [2.05, 4.69) is 17.2 Å². The van der Waals surface area contributed by atoms with E-state index in [0.717, 1.165) is 23.2 Å². The number of carbonyl (C=O) groups excluding carboxylic acids is 1. The van der Waals surface area contributed by atoms with Crippen LogP contribution in [0.4, 0.5) is 11.5 Å². The molecule has 0 saturated carbocycles. The Kier molecular flexibility index (Phi) is 6.57. The molecule has 1 N–H and O–H groups in total. The second-order valence-corrected chi connectivity index (χ2v) is 8.92. The summed E-state index contributed by atoms with van der Waals surface area (Å²) >= 11 is 0. The van der Waals surface area contributed by atoms with Crippen molar-refractivity contribution in [3.8, 4) is 0 Å². The molecule has 4 aromatic rings. The van der Waals surface area contributed by atoms with E-state index in [0.29, 0.717) is 49.5 Å². The largest absolute Gasteiger partial charge is 0.352 e. The van der Waals surface area contributed by atoms with Gasteiger partial charge in [0.2, 0.25) is 5.91 Å². The van der Waals surface area contributed by atoms with E-state index in [1.807, 2.05) is 71.6 Å². The number of nitrogens with zero attached hydrogens (tertiary/aromatic N) is 4. The maximum atomic E-state index is 13.6. The zero-order valence-electron chi connectivity index (χ0n) is 19.9. The van der Waals surface area contributed by atoms with Crippen LogP contribution in [0.1, 0.15) is 30.9 Å². The fourth-order valence-corrected chi connectivity index (χ4v) is 4.72. The first kappa shape index (κ1) is 22.8. The predicted molar refractivity (Wildman–Crippen MR) is 139 cm³/mol. The third-order valence-electron chi connectivity index (χ3n) is 6.69. The molecular formula is C28H29N5O2. The van der Waals surface area contributed by atoms with Gasteiger partial charge in [0.25, 0.3) is 5.56 Å². The molecule has 0 radical (unpaired) electrons. The van der Waals surface area contributed by atoms with Crippen molar-refractivity contribution in [2.75, 3.05) is 23.3 Å². The van der Waals surface area contributed by atoms with Crippen molar-refractivity contribution in [3.63, 3.8) is 0 Å². The van der Waals surface area contributed by atoms with Gasteiger partial charge in [0, 0.05) is 30.9 Å². The van der Waals surface area contributed by atoms with E-state index in [1.165, 1.54) is 0 Å². The third-order valence-corrected chi connectivity index (χ3v) is 6.69. The highest BCUT2D eigenvalue weighted by molar-refractivity contribution is 5.93. The lowest BCUT2D eigenvalue weighted by atomic mass is 9.95. The molecule has 1 aliphatic heterocycles. The van der Waals surface area contributed by atoms with Crippen molar-refractivity contribution >= 4 is 28.6 Å². The lowest BCUT2D eigenvalue weighted by Gasteiger charge is -2.32. The van der Waals surface area contributed by atoms with E-state index >= 15 is 0 Å². The van der Waals surface area contributed by atoms with Crippen molar-refractivity contribution < 1.29 is 4.79 Å². The number of amides is 1. The number of nitrogens with one attached hydrogen (secondary N) is 1. The van der Waals surface area contributed by atoms with Crippen LogP contribution in [0, 0.1) is 5.92 Å². The average Bonchev–Trinajstić information content (AvgIpc) is 2.91. The number of benzene rings is 2. The summed E-state index contributed by atoms with van der Waals surface area (Å²) in [5, 5.41) is 3.11. The molecule has 0 spiro atoms. The summed E-state index contributed by atoms with van der Waals surface area (Å²) in [6.07, 6.45) is 3.90. The minimum atomic E-state index is -0.153. The number of hydrogen-bond acceptors (Lipinski definition) is 5. The zero-order valence-corrected chi connectivity index (χ0v) is 19.9. The number of fused-ring (bicyclic) bond motifs is 1. The van der Waals surface area contributed by atoms with Gasteiger partial charge in [0.1, 0.15) is 5.52 Å². The third kappa shape index (κ3) is 4.80. The summed E-state index contributed by atoms with van der Waals surface area (Å²) in [5.41, 5.74) is 4.16. The van der Waals surface area contributed by atoms with Crippen LogP contribution < -0.4 is 15.8 Å². The molecule has 1 fully saturated rings. The monoisotopic (exact) mass is 467 g/mol. The number of anilines is 2. The maximum Gasteiger partial charge on any atom is 0.295 e. The Morgan fingerprint density at radius 3 is 2.51 bits per heavy atom. The van der Waals surface area contributed by atoms with Crippen LogP contribution in [0.15, 0.2) is 77.7 Å². The smallest absolute Gasteiger partial charge is 0.295 e. The van der Waals surface area contributed by atoms with Crippen molar-refractivity contribution in [2.24, 2.45) is 5.92 Å². The van der Waals surface area contributed by atoms with Gasteiger partial charge in [-0.15, -0.1) is 0 Å². The molecule has 1 amide bonds. The van der Waals surface area contributed by atoms with Gasteiger partial charge in [0.05, 0.1) is 6.54 Å². The van der Waals surface area contributed by atoms with Crippen molar-refractivity contribution in [1.82, 2.24) is 14.5 Å². The SMILES string of the molecule is CCc1ccccc1NC(=O)C1CCN(c2nc3cccnc3n(Cc3ccccc3)c2=O)CC1. The number of piperidine rings is 1. The van der Waals surface area contributed by atoms with Gasteiger partial charge < -0.3 is 10.2 Å². The Hall–Kier alpha value is -4.00. The number of aromatic nitrogens is 3. The van der Waals surface area contributed by atoms with Crippen LogP contribution in [0.25, 0.3) is 11.2 Å². The summed E-state index contributed by atoms with van der Waals surface area (Å²) in [7, 11) is 0. The van der Waals surface area contributed by atoms with Crippen LogP contribution in [0.5, 0.6) is 0 Å². The predicted octanol–water partition coefficient (Wildman–Crippen LogP) is 4.26. The van der Waals surface area contributed by atoms with Crippen LogP contribution in [0.3, 0.4) is 0 Å². The molecule has 3 heterocycles. The topological polar surface area (TPSA) is 80.1 Å². The Balaban J connectivity index is 1.36. The average molecular weight is 468 g/mol. The number of hydrogen-bond donors (Lipinski definition) is 1. The highest BCUT2D eigenvalue weighted by atomic mass is 16.2. The van der Waals surface area contributed by atoms with Crippen molar-refractivity contribution in [3.05, 3.63) is 94.4 Å². The first-order valence-electron chi connectivity index (χ1n) is 12.2. The fourth-order valence-electron chi connectivity index (χ4n) is 4.72. The van der Waals surface area contributed by atoms with Crippen LogP contribution in [0.2, 0.25) is 0 Å². The molecule has 2 aromatic heterocycles. The molecule has 1 aliphatic rings. The number of carbonyl (C=O) groups is 1. The number of aryl methyl sites for hydroxylation is 1. The summed E-state index contributed by atoms with van der Waals surface area (Å²) in [4.78, 5) is 37.7. The lowest BCUT2D eigenvalue weighted by Crippen LogP contribution is -2.42. The molecule has 2 aromatic carbocycles. The van der Waals surface area contributed by atoms with E-state index in [4.69, 9.17) is 4.98 Å². The highest BCUT2D eigenvalue weighted by Gasteiger charge is 2.28. The first-order chi connectivity index (χ1) is 17.1. The molecule has 7 nitrogen and oxygen atoms in total. The van der Waals surface area contributed by atoms with E-state index in [9.17, 15) is 9.59 Å². The summed E-state index contributed by atoms with van der Waals surface area (Å²) < 4.78 is 1.70. The van der Waals surface area contributed by atoms with Gasteiger partial charge in [-0.25, -0.2) is 9.97 Å². The van der Waals surface area contributed by atoms with Crippen LogP contribution in [-0.2, 0) is 17.8 Å². The van der Waals surface area contributed by atoms with Gasteiger partial charge in [-0.3, -0.25) is 14.2 Å². The van der Waals surface area contributed by atoms with E-state index < -0.39 is 0 Å². The van der Waals surface area contributed by atoms with Gasteiger partial charge in [-0.1, -0.05) is 55.5 Å². The minimum Gasteiger partial charge on any atom is -0.352 e. The Labute approximate surface area is 204 Å². The summed E-state index contributed by atoms with van der Waals surface area (Å²) in [5.74, 6) is 0.379. The Bertz CT molecular complexity index is 1390. The lowest BCUT2D eigenvalue weighted by molar-refractivity contribution is -0.120. The Morgan fingerprint density at radius 2 is 1.74 bits per heavy atom. The quantitative estimate of drug-likeness (QED) is 0.458. The van der Waals surface area contributed by atoms with Gasteiger partial charge in [-0.2, -0.15) is 0 Å². The maximum absolute atomic E-state index is 13.6. The zero-order chi connectivity index (χ0) is 24.2. The number of pyridine rings is 1. The molecular weight excluding hydrogens is 438 g/mol. The second kappa shape index (κ2) is 10.1. The standard InChI is InChI=1S/C28H29N5O2/c1-2-21-11-6-7-12-23(21)31-27(34)22-14-17-32(18-15-22)26-28(35)33(19-20-9-4-3-5-10-20)25-24(30-26)13-8-16-29-25/h3-13,16,22H,2,14-15,17-19H2,1H3,(H,31,34). The normalized spacial score (nSPS) is 14.3. The fraction of sp³-hybridized carbons (Fsp3) is 0.286. The van der Waals surface area contributed by atoms with Gasteiger partial charge in [-0.05, 0) is 48.6 Å². The minimum absolute atomic E-state index is 0.0442. The van der Waals surface area contributed by atoms with E-state index in [1.54, 1.807) is 10.8 Å². The molecule has 1 saturated heterocycles. The molecule has 35 heavy (non-hydrogen) atoms. The molecule has 178 valence electrons. The van der Waals surface area contributed by atoms with Crippen molar-refractivity contribution in [2.45, 2.75) is 32.7 Å². The van der Waals surface area contributed by atoms with Gasteiger partial charge in [0.15, 0.2) is 11.5 Å². The highest BCUT2D eigenvalue weighted by Crippen LogP contribution is 2.24. The molecule has 0 bridgehead atoms. The Morgan fingerprint density at radius 1 is 1.00 bits per heavy atom. The number of para-hydroxylation sites is 1. The molecule has 0 aliphatic carbocycles. The van der Waals surface area contributed by atoms with Crippen LogP contribution >= 0.6 is 0 Å². The van der Waals surface area contributed by atoms with Crippen molar-refractivity contribution in [1.29, 1.82) is 0 Å². The second-order valence-electron chi connectivity index (χ2n) is 8.92.